The second-order valence-corrected chi connectivity index (χ2v) is 7.61. The smallest absolute Gasteiger partial charge is 0.295 e. The fourth-order valence-corrected chi connectivity index (χ4v) is 3.67. The molecule has 3 rings (SSSR count). The van der Waals surface area contributed by atoms with E-state index in [9.17, 15) is 19.1 Å². The highest BCUT2D eigenvalue weighted by atomic mass is 35.5. The minimum atomic E-state index is -0.915. The van der Waals surface area contributed by atoms with Gasteiger partial charge in [-0.15, -0.1) is 0 Å². The van der Waals surface area contributed by atoms with E-state index in [1.54, 1.807) is 12.1 Å². The number of halogens is 2. The number of likely N-dealkylation sites (tertiary alicyclic amines) is 1. The van der Waals surface area contributed by atoms with Crippen LogP contribution in [0.1, 0.15) is 17.2 Å². The average Bonchev–Trinajstić information content (AvgIpc) is 2.96. The number of methoxy groups -OCH3 is 1. The Morgan fingerprint density at radius 3 is 2.57 bits per heavy atom. The number of Topliss-reactive ketones (excluding diaryl/α,β-unsaturated/α-hetero) is 1. The molecule has 1 saturated heterocycles. The molecule has 2 aromatic rings. The van der Waals surface area contributed by atoms with E-state index in [1.807, 2.05) is 19.0 Å². The first-order valence-electron chi connectivity index (χ1n) is 9.27. The lowest BCUT2D eigenvalue weighted by Crippen LogP contribution is -2.35. The molecule has 0 aromatic heterocycles. The van der Waals surface area contributed by atoms with Crippen molar-refractivity contribution >= 4 is 29.1 Å². The molecule has 1 amide bonds. The Morgan fingerprint density at radius 2 is 1.97 bits per heavy atom. The molecule has 158 valence electrons. The highest BCUT2D eigenvalue weighted by Gasteiger charge is 2.46. The normalized spacial score (nSPS) is 18.3. The van der Waals surface area contributed by atoms with Gasteiger partial charge in [0.15, 0.2) is 0 Å². The quantitative estimate of drug-likeness (QED) is 0.430. The summed E-state index contributed by atoms with van der Waals surface area (Å²) in [7, 11) is 5.14. The number of aliphatic hydroxyl groups excluding tert-OH is 1. The van der Waals surface area contributed by atoms with Crippen LogP contribution in [0.15, 0.2) is 48.0 Å². The molecule has 0 saturated carbocycles. The zero-order valence-electron chi connectivity index (χ0n) is 16.9. The van der Waals surface area contributed by atoms with Crippen LogP contribution in [0.25, 0.3) is 5.76 Å². The second kappa shape index (κ2) is 8.85. The summed E-state index contributed by atoms with van der Waals surface area (Å²) in [5.41, 5.74) is 0.549. The van der Waals surface area contributed by atoms with Crippen LogP contribution in [0, 0.1) is 5.82 Å². The third kappa shape index (κ3) is 4.17. The summed E-state index contributed by atoms with van der Waals surface area (Å²) in [6, 6.07) is 9.28. The van der Waals surface area contributed by atoms with Crippen LogP contribution in [-0.2, 0) is 9.59 Å². The van der Waals surface area contributed by atoms with Gasteiger partial charge in [0.1, 0.15) is 17.3 Å². The summed E-state index contributed by atoms with van der Waals surface area (Å²) in [5.74, 6) is -2.04. The van der Waals surface area contributed by atoms with Gasteiger partial charge in [0.25, 0.3) is 11.7 Å². The second-order valence-electron chi connectivity index (χ2n) is 7.20. The lowest BCUT2D eigenvalue weighted by atomic mass is 9.95. The number of ketones is 1. The summed E-state index contributed by atoms with van der Waals surface area (Å²) >= 11 is 6.16. The number of aliphatic hydroxyl groups is 1. The Bertz CT molecular complexity index is 1020. The van der Waals surface area contributed by atoms with Gasteiger partial charge in [-0.1, -0.05) is 23.7 Å². The van der Waals surface area contributed by atoms with E-state index in [-0.39, 0.29) is 28.5 Å². The van der Waals surface area contributed by atoms with Crippen LogP contribution in [0.3, 0.4) is 0 Å². The van der Waals surface area contributed by atoms with Gasteiger partial charge in [0.05, 0.1) is 23.7 Å². The van der Waals surface area contributed by atoms with Gasteiger partial charge in [0, 0.05) is 18.7 Å². The van der Waals surface area contributed by atoms with Crippen molar-refractivity contribution in [1.29, 1.82) is 0 Å². The molecular weight excluding hydrogens is 411 g/mol. The van der Waals surface area contributed by atoms with Crippen molar-refractivity contribution in [1.82, 2.24) is 9.80 Å². The van der Waals surface area contributed by atoms with Crippen molar-refractivity contribution in [2.24, 2.45) is 0 Å². The Morgan fingerprint density at radius 1 is 1.23 bits per heavy atom. The van der Waals surface area contributed by atoms with Gasteiger partial charge < -0.3 is 19.6 Å². The van der Waals surface area contributed by atoms with Gasteiger partial charge in [0.2, 0.25) is 0 Å². The fourth-order valence-electron chi connectivity index (χ4n) is 3.41. The van der Waals surface area contributed by atoms with Gasteiger partial charge in [-0.3, -0.25) is 9.59 Å². The number of ether oxygens (including phenoxy) is 1. The number of likely N-dealkylation sites (N-methyl/N-ethyl adjacent to an activating group) is 1. The van der Waals surface area contributed by atoms with Crippen LogP contribution < -0.4 is 4.74 Å². The van der Waals surface area contributed by atoms with Gasteiger partial charge in [-0.2, -0.15) is 0 Å². The van der Waals surface area contributed by atoms with E-state index in [0.717, 1.165) is 0 Å². The topological polar surface area (TPSA) is 70.1 Å². The molecule has 30 heavy (non-hydrogen) atoms. The zero-order chi connectivity index (χ0) is 22.0. The molecular formula is C22H22ClFN2O4. The fraction of sp³-hybridized carbons (Fsp3) is 0.273. The highest BCUT2D eigenvalue weighted by molar-refractivity contribution is 6.46. The maximum atomic E-state index is 13.9. The summed E-state index contributed by atoms with van der Waals surface area (Å²) in [5, 5.41) is 11.2. The SMILES string of the molecule is COc1ccc(C(O)=C2C(=O)C(=O)N(CCN(C)C)C2c2cccc(F)c2)cc1Cl. The first kappa shape index (κ1) is 21.8. The molecule has 0 aliphatic carbocycles. The van der Waals surface area contributed by atoms with E-state index >= 15 is 0 Å². The Hall–Kier alpha value is -2.90. The predicted molar refractivity (Wildman–Crippen MR) is 112 cm³/mol. The number of hydrogen-bond acceptors (Lipinski definition) is 5. The molecule has 6 nitrogen and oxygen atoms in total. The van der Waals surface area contributed by atoms with E-state index < -0.39 is 23.5 Å². The number of rotatable bonds is 6. The molecule has 0 bridgehead atoms. The third-order valence-electron chi connectivity index (χ3n) is 4.92. The largest absolute Gasteiger partial charge is 0.507 e. The van der Waals surface area contributed by atoms with Crippen molar-refractivity contribution in [2.45, 2.75) is 6.04 Å². The van der Waals surface area contributed by atoms with Crippen LogP contribution in [0.4, 0.5) is 4.39 Å². The van der Waals surface area contributed by atoms with Crippen LogP contribution in [0.5, 0.6) is 5.75 Å². The number of benzene rings is 2. The Kier molecular flexibility index (Phi) is 6.43. The molecule has 1 unspecified atom stereocenters. The molecule has 2 aromatic carbocycles. The summed E-state index contributed by atoms with van der Waals surface area (Å²) in [6.07, 6.45) is 0. The summed E-state index contributed by atoms with van der Waals surface area (Å²) in [4.78, 5) is 28.9. The van der Waals surface area contributed by atoms with Crippen molar-refractivity contribution in [2.75, 3.05) is 34.3 Å². The maximum absolute atomic E-state index is 13.9. The van der Waals surface area contributed by atoms with E-state index in [1.165, 1.54) is 42.3 Å². The Labute approximate surface area is 179 Å². The number of carbonyl (C=O) groups is 2. The van der Waals surface area contributed by atoms with Crippen molar-refractivity contribution < 1.29 is 23.8 Å². The monoisotopic (exact) mass is 432 g/mol. The van der Waals surface area contributed by atoms with Crippen LogP contribution >= 0.6 is 11.6 Å². The predicted octanol–water partition coefficient (Wildman–Crippen LogP) is 3.47. The molecule has 0 radical (unpaired) electrons. The minimum absolute atomic E-state index is 0.106. The van der Waals surface area contributed by atoms with Crippen molar-refractivity contribution in [3.05, 3.63) is 70.0 Å². The number of amides is 1. The Balaban J connectivity index is 2.16. The first-order valence-corrected chi connectivity index (χ1v) is 9.65. The van der Waals surface area contributed by atoms with Crippen molar-refractivity contribution in [3.63, 3.8) is 0 Å². The summed E-state index contributed by atoms with van der Waals surface area (Å²) < 4.78 is 19.1. The number of hydrogen-bond donors (Lipinski definition) is 1. The molecule has 1 fully saturated rings. The van der Waals surface area contributed by atoms with Crippen LogP contribution in [0.2, 0.25) is 5.02 Å². The first-order chi connectivity index (χ1) is 14.2. The molecule has 0 spiro atoms. The van der Waals surface area contributed by atoms with Gasteiger partial charge in [-0.05, 0) is 50.0 Å². The van der Waals surface area contributed by atoms with Gasteiger partial charge >= 0.3 is 0 Å². The zero-order valence-corrected chi connectivity index (χ0v) is 17.6. The molecule has 1 aliphatic heterocycles. The highest BCUT2D eigenvalue weighted by Crippen LogP contribution is 2.40. The van der Waals surface area contributed by atoms with Gasteiger partial charge in [-0.25, -0.2) is 4.39 Å². The minimum Gasteiger partial charge on any atom is -0.507 e. The van der Waals surface area contributed by atoms with E-state index in [0.29, 0.717) is 17.9 Å². The maximum Gasteiger partial charge on any atom is 0.295 e. The number of nitrogens with zero attached hydrogens (tertiary/aromatic N) is 2. The summed E-state index contributed by atoms with van der Waals surface area (Å²) in [6.45, 7) is 0.728. The lowest BCUT2D eigenvalue weighted by molar-refractivity contribution is -0.140. The third-order valence-corrected chi connectivity index (χ3v) is 5.21. The van der Waals surface area contributed by atoms with E-state index in [4.69, 9.17) is 16.3 Å². The molecule has 1 N–H and O–H groups in total. The molecule has 1 heterocycles. The van der Waals surface area contributed by atoms with E-state index in [2.05, 4.69) is 0 Å². The average molecular weight is 433 g/mol. The number of carbonyl (C=O) groups excluding carboxylic acids is 2. The standard InChI is InChI=1S/C22H22ClFN2O4/c1-25(2)9-10-26-19(13-5-4-6-15(24)11-13)18(21(28)22(26)29)20(27)14-7-8-17(30-3)16(23)12-14/h4-8,11-12,19,27H,9-10H2,1-3H3. The molecule has 8 heteroatoms. The van der Waals surface area contributed by atoms with Crippen molar-refractivity contribution in [3.8, 4) is 5.75 Å². The van der Waals surface area contributed by atoms with Crippen LogP contribution in [-0.4, -0.2) is 60.9 Å². The molecule has 1 atom stereocenters. The molecule has 1 aliphatic rings. The lowest BCUT2D eigenvalue weighted by Gasteiger charge is -2.26.